The molecule has 0 radical (unpaired) electrons. The molecule has 0 saturated carbocycles. The van der Waals surface area contributed by atoms with Gasteiger partial charge in [-0.1, -0.05) is 18.2 Å². The molecule has 1 N–H and O–H groups in total. The number of aromatic nitrogens is 2. The number of benzene rings is 1. The molecule has 23 heavy (non-hydrogen) atoms. The summed E-state index contributed by atoms with van der Waals surface area (Å²) in [6.45, 7) is 5.40. The Hall–Kier alpha value is -2.88. The van der Waals surface area contributed by atoms with Crippen LogP contribution in [0.2, 0.25) is 0 Å². The number of rotatable bonds is 2. The summed E-state index contributed by atoms with van der Waals surface area (Å²) >= 11 is 0. The van der Waals surface area contributed by atoms with Gasteiger partial charge in [0.15, 0.2) is 11.5 Å². The average Bonchev–Trinajstić information content (AvgIpc) is 3.09. The van der Waals surface area contributed by atoms with Gasteiger partial charge in [-0.2, -0.15) is 0 Å². The van der Waals surface area contributed by atoms with Gasteiger partial charge < -0.3 is 9.40 Å². The summed E-state index contributed by atoms with van der Waals surface area (Å²) in [5.74, 6) is 1.52. The standard InChI is InChI=1S/C19H16N2O2/c1-10-8-9-15(23-10)19-17-16(12(3)22)11(2)20-18(17)13-6-4-5-7-14(13)21-19/h4-9,20H,1-3H3. The Kier molecular flexibility index (Phi) is 2.88. The van der Waals surface area contributed by atoms with Crippen LogP contribution in [-0.4, -0.2) is 15.8 Å². The molecule has 4 nitrogen and oxygen atoms in total. The molecule has 0 bridgehead atoms. The smallest absolute Gasteiger partial charge is 0.162 e. The third-order valence-corrected chi connectivity index (χ3v) is 4.16. The second-order valence-electron chi connectivity index (χ2n) is 5.82. The number of fused-ring (bicyclic) bond motifs is 3. The van der Waals surface area contributed by atoms with Gasteiger partial charge in [0.2, 0.25) is 0 Å². The lowest BCUT2D eigenvalue weighted by Crippen LogP contribution is -1.95. The first-order valence-electron chi connectivity index (χ1n) is 7.55. The molecule has 3 heterocycles. The van der Waals surface area contributed by atoms with Crippen molar-refractivity contribution in [1.82, 2.24) is 9.97 Å². The van der Waals surface area contributed by atoms with Crippen LogP contribution in [-0.2, 0) is 0 Å². The van der Waals surface area contributed by atoms with E-state index < -0.39 is 0 Å². The molecule has 0 atom stereocenters. The summed E-state index contributed by atoms with van der Waals surface area (Å²) in [6.07, 6.45) is 0. The van der Waals surface area contributed by atoms with Crippen molar-refractivity contribution >= 4 is 27.6 Å². The number of aromatic amines is 1. The van der Waals surface area contributed by atoms with E-state index in [-0.39, 0.29) is 5.78 Å². The van der Waals surface area contributed by atoms with E-state index in [1.807, 2.05) is 50.2 Å². The SMILES string of the molecule is CC(=O)c1c(C)[nH]c2c1c(-c1ccc(C)o1)nc1ccccc12. The van der Waals surface area contributed by atoms with Gasteiger partial charge in [-0.3, -0.25) is 4.79 Å². The lowest BCUT2D eigenvalue weighted by molar-refractivity contribution is 0.101. The summed E-state index contributed by atoms with van der Waals surface area (Å²) < 4.78 is 5.78. The van der Waals surface area contributed by atoms with E-state index in [9.17, 15) is 4.79 Å². The van der Waals surface area contributed by atoms with Crippen molar-refractivity contribution < 1.29 is 9.21 Å². The minimum absolute atomic E-state index is 0.0235. The first-order valence-corrected chi connectivity index (χ1v) is 7.55. The summed E-state index contributed by atoms with van der Waals surface area (Å²) in [5, 5.41) is 1.84. The lowest BCUT2D eigenvalue weighted by Gasteiger charge is -2.06. The molecule has 0 aliphatic carbocycles. The molecule has 0 aliphatic heterocycles. The van der Waals surface area contributed by atoms with Crippen LogP contribution in [0, 0.1) is 13.8 Å². The van der Waals surface area contributed by atoms with Crippen molar-refractivity contribution in [3.05, 3.63) is 53.4 Å². The zero-order valence-electron chi connectivity index (χ0n) is 13.2. The van der Waals surface area contributed by atoms with Crippen LogP contribution in [0.1, 0.15) is 28.7 Å². The minimum Gasteiger partial charge on any atom is -0.460 e. The Morgan fingerprint density at radius 1 is 1.13 bits per heavy atom. The largest absolute Gasteiger partial charge is 0.460 e. The van der Waals surface area contributed by atoms with Gasteiger partial charge in [-0.15, -0.1) is 0 Å². The van der Waals surface area contributed by atoms with E-state index in [2.05, 4.69) is 4.98 Å². The highest BCUT2D eigenvalue weighted by molar-refractivity contribution is 6.18. The van der Waals surface area contributed by atoms with Crippen molar-refractivity contribution in [3.63, 3.8) is 0 Å². The number of nitrogens with one attached hydrogen (secondary N) is 1. The Morgan fingerprint density at radius 3 is 2.61 bits per heavy atom. The van der Waals surface area contributed by atoms with Crippen LogP contribution >= 0.6 is 0 Å². The van der Waals surface area contributed by atoms with Crippen LogP contribution in [0.4, 0.5) is 0 Å². The average molecular weight is 304 g/mol. The topological polar surface area (TPSA) is 58.9 Å². The monoisotopic (exact) mass is 304 g/mol. The summed E-state index contributed by atoms with van der Waals surface area (Å²) in [7, 11) is 0. The zero-order chi connectivity index (χ0) is 16.1. The maximum Gasteiger partial charge on any atom is 0.162 e. The Labute approximate surface area is 133 Å². The molecule has 4 heteroatoms. The number of ketones is 1. The summed E-state index contributed by atoms with van der Waals surface area (Å²) in [6, 6.07) is 11.7. The van der Waals surface area contributed by atoms with Gasteiger partial charge in [0.25, 0.3) is 0 Å². The second-order valence-corrected chi connectivity index (χ2v) is 5.82. The first kappa shape index (κ1) is 13.8. The van der Waals surface area contributed by atoms with Gasteiger partial charge in [0.05, 0.1) is 11.0 Å². The molecular weight excluding hydrogens is 288 g/mol. The molecule has 0 fully saturated rings. The maximum atomic E-state index is 12.2. The number of Topliss-reactive ketones (excluding diaryl/α,β-unsaturated/α-hetero) is 1. The molecular formula is C19H16N2O2. The van der Waals surface area contributed by atoms with E-state index >= 15 is 0 Å². The third-order valence-electron chi connectivity index (χ3n) is 4.16. The third kappa shape index (κ3) is 1.99. The van der Waals surface area contributed by atoms with Gasteiger partial charge in [-0.05, 0) is 39.0 Å². The molecule has 0 saturated heterocycles. The Balaban J connectivity index is 2.24. The molecule has 4 rings (SSSR count). The van der Waals surface area contributed by atoms with Crippen molar-refractivity contribution in [3.8, 4) is 11.5 Å². The summed E-state index contributed by atoms with van der Waals surface area (Å²) in [5.41, 5.74) is 4.06. The number of furan rings is 1. The van der Waals surface area contributed by atoms with Crippen molar-refractivity contribution in [2.45, 2.75) is 20.8 Å². The molecule has 0 spiro atoms. The number of carbonyl (C=O) groups is 1. The highest BCUT2D eigenvalue weighted by atomic mass is 16.3. The number of nitrogens with zero attached hydrogens (tertiary/aromatic N) is 1. The molecule has 114 valence electrons. The first-order chi connectivity index (χ1) is 11.1. The quantitative estimate of drug-likeness (QED) is 0.541. The van der Waals surface area contributed by atoms with Crippen molar-refractivity contribution in [2.24, 2.45) is 0 Å². The van der Waals surface area contributed by atoms with E-state index in [0.29, 0.717) is 17.0 Å². The van der Waals surface area contributed by atoms with Crippen molar-refractivity contribution in [2.75, 3.05) is 0 Å². The van der Waals surface area contributed by atoms with Crippen molar-refractivity contribution in [1.29, 1.82) is 0 Å². The van der Waals surface area contributed by atoms with Gasteiger partial charge in [0.1, 0.15) is 11.5 Å². The van der Waals surface area contributed by atoms with Gasteiger partial charge in [-0.25, -0.2) is 4.98 Å². The molecule has 4 aromatic rings. The number of hydrogen-bond donors (Lipinski definition) is 1. The zero-order valence-corrected chi connectivity index (χ0v) is 13.2. The fourth-order valence-corrected chi connectivity index (χ4v) is 3.20. The molecule has 0 unspecified atom stereocenters. The molecule has 0 amide bonds. The number of H-pyrrole nitrogens is 1. The van der Waals surface area contributed by atoms with E-state index in [0.717, 1.165) is 33.3 Å². The predicted octanol–water partition coefficient (Wildman–Crippen LogP) is 4.80. The van der Waals surface area contributed by atoms with Crippen LogP contribution in [0.15, 0.2) is 40.8 Å². The molecule has 1 aromatic carbocycles. The Bertz CT molecular complexity index is 1070. The maximum absolute atomic E-state index is 12.2. The number of pyridine rings is 1. The van der Waals surface area contributed by atoms with E-state index in [4.69, 9.17) is 9.40 Å². The highest BCUT2D eigenvalue weighted by Gasteiger charge is 2.21. The van der Waals surface area contributed by atoms with Gasteiger partial charge in [0, 0.05) is 22.0 Å². The highest BCUT2D eigenvalue weighted by Crippen LogP contribution is 2.36. The van der Waals surface area contributed by atoms with Crippen LogP contribution < -0.4 is 0 Å². The van der Waals surface area contributed by atoms with E-state index in [1.165, 1.54) is 0 Å². The predicted molar refractivity (Wildman–Crippen MR) is 90.8 cm³/mol. The summed E-state index contributed by atoms with van der Waals surface area (Å²) in [4.78, 5) is 20.3. The second kappa shape index (κ2) is 4.81. The van der Waals surface area contributed by atoms with E-state index in [1.54, 1.807) is 6.92 Å². The fraction of sp³-hybridized carbons (Fsp3) is 0.158. The van der Waals surface area contributed by atoms with Crippen LogP contribution in [0.25, 0.3) is 33.3 Å². The normalized spacial score (nSPS) is 11.4. The van der Waals surface area contributed by atoms with Gasteiger partial charge >= 0.3 is 0 Å². The van der Waals surface area contributed by atoms with Crippen LogP contribution in [0.5, 0.6) is 0 Å². The number of aryl methyl sites for hydroxylation is 2. The molecule has 0 aliphatic rings. The number of carbonyl (C=O) groups excluding carboxylic acids is 1. The fourth-order valence-electron chi connectivity index (χ4n) is 3.20. The Morgan fingerprint density at radius 2 is 1.91 bits per heavy atom. The number of para-hydroxylation sites is 1. The lowest BCUT2D eigenvalue weighted by atomic mass is 10.0. The molecule has 3 aromatic heterocycles. The minimum atomic E-state index is 0.0235. The van der Waals surface area contributed by atoms with Crippen LogP contribution in [0.3, 0.4) is 0 Å². The number of hydrogen-bond acceptors (Lipinski definition) is 3.